The number of aryl methyl sites for hydroxylation is 1. The van der Waals surface area contributed by atoms with Gasteiger partial charge < -0.3 is 0 Å². The van der Waals surface area contributed by atoms with E-state index in [0.717, 1.165) is 16.9 Å². The lowest BCUT2D eigenvalue weighted by Gasteiger charge is -2.04. The predicted octanol–water partition coefficient (Wildman–Crippen LogP) is 2.15. The summed E-state index contributed by atoms with van der Waals surface area (Å²) in [6, 6.07) is 3.48. The molecule has 7 heteroatoms. The molecule has 1 heterocycles. The first-order chi connectivity index (χ1) is 7.36. The monoisotopic (exact) mass is 278 g/mol. The molecule has 0 amide bonds. The van der Waals surface area contributed by atoms with E-state index in [4.69, 9.17) is 16.9 Å². The minimum Gasteiger partial charge on any atom is -0.209 e. The molecule has 1 aromatic rings. The second-order valence-corrected chi connectivity index (χ2v) is 7.05. The van der Waals surface area contributed by atoms with Crippen LogP contribution < -0.4 is 4.72 Å². The molecule has 88 valence electrons. The molecule has 0 saturated heterocycles. The van der Waals surface area contributed by atoms with E-state index in [1.165, 1.54) is 6.07 Å². The van der Waals surface area contributed by atoms with Gasteiger partial charge in [-0.3, -0.25) is 0 Å². The van der Waals surface area contributed by atoms with Crippen LogP contribution in [0.4, 0.5) is 0 Å². The Morgan fingerprint density at radius 3 is 2.75 bits per heavy atom. The molecule has 4 nitrogen and oxygen atoms in total. The van der Waals surface area contributed by atoms with E-state index < -0.39 is 10.0 Å². The maximum Gasteiger partial charge on any atom is 0.250 e. The van der Waals surface area contributed by atoms with Crippen LogP contribution in [0.5, 0.6) is 0 Å². The van der Waals surface area contributed by atoms with E-state index in [0.29, 0.717) is 4.34 Å². The zero-order chi connectivity index (χ0) is 12.3. The Morgan fingerprint density at radius 2 is 2.31 bits per heavy atom. The first-order valence-corrected chi connectivity index (χ1v) is 7.20. The number of thiophene rings is 1. The predicted molar refractivity (Wildman–Crippen MR) is 64.0 cm³/mol. The highest BCUT2D eigenvalue weighted by molar-refractivity contribution is 7.91. The van der Waals surface area contributed by atoms with Crippen molar-refractivity contribution in [3.8, 4) is 6.07 Å². The van der Waals surface area contributed by atoms with E-state index in [1.807, 2.05) is 6.07 Å². The summed E-state index contributed by atoms with van der Waals surface area (Å²) in [4.78, 5) is 0. The van der Waals surface area contributed by atoms with E-state index in [9.17, 15) is 8.42 Å². The number of nitrogens with zero attached hydrogens (tertiary/aromatic N) is 1. The van der Waals surface area contributed by atoms with Gasteiger partial charge in [0.2, 0.25) is 10.0 Å². The lowest BCUT2D eigenvalue weighted by Crippen LogP contribution is -2.27. The number of sulfonamides is 1. The van der Waals surface area contributed by atoms with Gasteiger partial charge in [-0.1, -0.05) is 11.6 Å². The Morgan fingerprint density at radius 1 is 1.69 bits per heavy atom. The van der Waals surface area contributed by atoms with Gasteiger partial charge in [0.15, 0.2) is 0 Å². The Balaban J connectivity index is 2.83. The normalized spacial score (nSPS) is 13.4. The summed E-state index contributed by atoms with van der Waals surface area (Å²) in [5.41, 5.74) is 0.736. The highest BCUT2D eigenvalue weighted by Gasteiger charge is 2.18. The standard InChI is InChI=1S/C9H11ClN2O2S2/c1-6(4-11)5-12-16(13,14)8-3-7(2)9(10)15-8/h3,6,12H,5H2,1-2H3. The lowest BCUT2D eigenvalue weighted by atomic mass is 10.2. The van der Waals surface area contributed by atoms with E-state index in [-0.39, 0.29) is 16.7 Å². The van der Waals surface area contributed by atoms with Crippen LogP contribution in [0.3, 0.4) is 0 Å². The van der Waals surface area contributed by atoms with Crippen LogP contribution in [0.1, 0.15) is 12.5 Å². The van der Waals surface area contributed by atoms with Gasteiger partial charge in [0.05, 0.1) is 16.3 Å². The molecule has 1 rings (SSSR count). The third kappa shape index (κ3) is 3.19. The third-order valence-corrected chi connectivity index (χ3v) is 5.35. The van der Waals surface area contributed by atoms with Gasteiger partial charge in [0.1, 0.15) is 4.21 Å². The summed E-state index contributed by atoms with van der Waals surface area (Å²) in [6.45, 7) is 3.50. The molecule has 1 N–H and O–H groups in total. The number of nitrogens with one attached hydrogen (secondary N) is 1. The van der Waals surface area contributed by atoms with Crippen LogP contribution in [0.2, 0.25) is 4.34 Å². The molecule has 0 radical (unpaired) electrons. The van der Waals surface area contributed by atoms with Crippen molar-refractivity contribution in [3.63, 3.8) is 0 Å². The van der Waals surface area contributed by atoms with Gasteiger partial charge >= 0.3 is 0 Å². The van der Waals surface area contributed by atoms with Gasteiger partial charge in [-0.05, 0) is 25.5 Å². The second-order valence-electron chi connectivity index (χ2n) is 3.40. The number of hydrogen-bond acceptors (Lipinski definition) is 4. The molecule has 0 bridgehead atoms. The summed E-state index contributed by atoms with van der Waals surface area (Å²) in [5.74, 6) is -0.355. The van der Waals surface area contributed by atoms with Crippen LogP contribution in [0.25, 0.3) is 0 Å². The zero-order valence-electron chi connectivity index (χ0n) is 8.82. The first kappa shape index (κ1) is 13.5. The fraction of sp³-hybridized carbons (Fsp3) is 0.444. The van der Waals surface area contributed by atoms with Crippen LogP contribution in [0.15, 0.2) is 10.3 Å². The summed E-state index contributed by atoms with van der Waals surface area (Å²) >= 11 is 6.81. The Hall–Kier alpha value is -0.610. The van der Waals surface area contributed by atoms with Crippen molar-refractivity contribution < 1.29 is 8.42 Å². The Kier molecular flexibility index (Phi) is 4.33. The minimum absolute atomic E-state index is 0.105. The summed E-state index contributed by atoms with van der Waals surface area (Å²) in [7, 11) is -3.53. The van der Waals surface area contributed by atoms with E-state index >= 15 is 0 Å². The summed E-state index contributed by atoms with van der Waals surface area (Å²) in [5, 5.41) is 8.55. The summed E-state index contributed by atoms with van der Waals surface area (Å²) in [6.07, 6.45) is 0. The first-order valence-electron chi connectivity index (χ1n) is 4.52. The van der Waals surface area contributed by atoms with Crippen molar-refractivity contribution in [3.05, 3.63) is 16.0 Å². The summed E-state index contributed by atoms with van der Waals surface area (Å²) < 4.78 is 26.5. The molecule has 0 saturated carbocycles. The molecule has 0 aliphatic heterocycles. The molecule has 0 aromatic carbocycles. The van der Waals surface area contributed by atoms with Crippen molar-refractivity contribution in [2.24, 2.45) is 5.92 Å². The molecular formula is C9H11ClN2O2S2. The SMILES string of the molecule is Cc1cc(S(=O)(=O)NCC(C)C#N)sc1Cl. The fourth-order valence-electron chi connectivity index (χ4n) is 0.916. The highest BCUT2D eigenvalue weighted by Crippen LogP contribution is 2.29. The van der Waals surface area contributed by atoms with Crippen molar-refractivity contribution >= 4 is 33.0 Å². The van der Waals surface area contributed by atoms with Gasteiger partial charge in [-0.25, -0.2) is 13.1 Å². The quantitative estimate of drug-likeness (QED) is 0.917. The van der Waals surface area contributed by atoms with Crippen molar-refractivity contribution in [2.75, 3.05) is 6.54 Å². The Labute approximate surface area is 104 Å². The van der Waals surface area contributed by atoms with Crippen molar-refractivity contribution in [1.82, 2.24) is 4.72 Å². The van der Waals surface area contributed by atoms with Crippen molar-refractivity contribution in [2.45, 2.75) is 18.1 Å². The molecule has 0 spiro atoms. The van der Waals surface area contributed by atoms with Crippen LogP contribution in [-0.2, 0) is 10.0 Å². The number of halogens is 1. The molecule has 0 fully saturated rings. The zero-order valence-corrected chi connectivity index (χ0v) is 11.2. The fourth-order valence-corrected chi connectivity index (χ4v) is 3.80. The third-order valence-electron chi connectivity index (χ3n) is 1.90. The van der Waals surface area contributed by atoms with Gasteiger partial charge in [0.25, 0.3) is 0 Å². The van der Waals surface area contributed by atoms with E-state index in [1.54, 1.807) is 13.8 Å². The van der Waals surface area contributed by atoms with Crippen molar-refractivity contribution in [1.29, 1.82) is 5.26 Å². The molecule has 0 aliphatic rings. The Bertz CT molecular complexity index is 497. The number of rotatable bonds is 4. The van der Waals surface area contributed by atoms with Crippen LogP contribution in [0, 0.1) is 24.2 Å². The maximum atomic E-state index is 11.7. The number of nitriles is 1. The van der Waals surface area contributed by atoms with Gasteiger partial charge in [0, 0.05) is 6.54 Å². The van der Waals surface area contributed by atoms with E-state index in [2.05, 4.69) is 4.72 Å². The molecule has 1 atom stereocenters. The average molecular weight is 279 g/mol. The maximum absolute atomic E-state index is 11.7. The number of hydrogen-bond donors (Lipinski definition) is 1. The topological polar surface area (TPSA) is 70.0 Å². The minimum atomic E-state index is -3.53. The van der Waals surface area contributed by atoms with Gasteiger partial charge in [-0.2, -0.15) is 5.26 Å². The largest absolute Gasteiger partial charge is 0.250 e. The van der Waals surface area contributed by atoms with Crippen LogP contribution >= 0.6 is 22.9 Å². The second kappa shape index (κ2) is 5.15. The molecule has 0 aliphatic carbocycles. The molecule has 1 unspecified atom stereocenters. The molecular weight excluding hydrogens is 268 g/mol. The molecule has 1 aromatic heterocycles. The molecule has 16 heavy (non-hydrogen) atoms. The highest BCUT2D eigenvalue weighted by atomic mass is 35.5. The lowest BCUT2D eigenvalue weighted by molar-refractivity contribution is 0.575. The smallest absolute Gasteiger partial charge is 0.209 e. The van der Waals surface area contributed by atoms with Crippen LogP contribution in [-0.4, -0.2) is 15.0 Å². The van der Waals surface area contributed by atoms with Gasteiger partial charge in [-0.15, -0.1) is 11.3 Å². The average Bonchev–Trinajstić information content (AvgIpc) is 2.56.